The Hall–Kier alpha value is -3.07. The van der Waals surface area contributed by atoms with Gasteiger partial charge < -0.3 is 19.1 Å². The van der Waals surface area contributed by atoms with Crippen LogP contribution < -0.4 is 4.74 Å². The van der Waals surface area contributed by atoms with Crippen molar-refractivity contribution in [1.82, 2.24) is 4.90 Å². The lowest BCUT2D eigenvalue weighted by Crippen LogP contribution is -2.48. The molecule has 2 fully saturated rings. The number of esters is 1. The van der Waals surface area contributed by atoms with E-state index in [9.17, 15) is 18.0 Å². The molecule has 4 rings (SSSR count). The van der Waals surface area contributed by atoms with Crippen molar-refractivity contribution in [2.75, 3.05) is 27.3 Å². The van der Waals surface area contributed by atoms with Crippen LogP contribution in [0.2, 0.25) is 0 Å². The largest absolute Gasteiger partial charge is 0.497 e. The van der Waals surface area contributed by atoms with Crippen LogP contribution in [0.15, 0.2) is 53.4 Å². The van der Waals surface area contributed by atoms with Crippen LogP contribution in [0.5, 0.6) is 5.75 Å². The van der Waals surface area contributed by atoms with Crippen molar-refractivity contribution < 1.29 is 32.2 Å². The summed E-state index contributed by atoms with van der Waals surface area (Å²) in [5.41, 5.74) is 0.838. The lowest BCUT2D eigenvalue weighted by molar-refractivity contribution is -0.144. The summed E-state index contributed by atoms with van der Waals surface area (Å²) < 4.78 is 42.2. The number of piperidine rings is 1. The molecule has 0 N–H and O–H groups in total. The first-order valence-electron chi connectivity index (χ1n) is 12.9. The lowest BCUT2D eigenvalue weighted by atomic mass is 9.76. The predicted octanol–water partition coefficient (Wildman–Crippen LogP) is 5.25. The Morgan fingerprint density at radius 1 is 0.842 bits per heavy atom. The highest BCUT2D eigenvalue weighted by Crippen LogP contribution is 2.55. The van der Waals surface area contributed by atoms with Crippen molar-refractivity contribution in [2.45, 2.75) is 68.1 Å². The molecule has 1 unspecified atom stereocenters. The first kappa shape index (κ1) is 28.0. The first-order valence-corrected chi connectivity index (χ1v) is 14.4. The van der Waals surface area contributed by atoms with Gasteiger partial charge in [0.15, 0.2) is 14.6 Å². The molecule has 8 nitrogen and oxygen atoms in total. The maximum Gasteiger partial charge on any atom is 0.410 e. The number of benzene rings is 2. The van der Waals surface area contributed by atoms with E-state index in [-0.39, 0.29) is 29.2 Å². The van der Waals surface area contributed by atoms with Gasteiger partial charge in [0, 0.05) is 13.1 Å². The van der Waals surface area contributed by atoms with Crippen molar-refractivity contribution in [3.8, 4) is 16.9 Å². The average Bonchev–Trinajstić information content (AvgIpc) is 3.28. The highest BCUT2D eigenvalue weighted by atomic mass is 32.2. The highest BCUT2D eigenvalue weighted by Gasteiger charge is 2.61. The maximum atomic E-state index is 14.0. The molecule has 1 aliphatic carbocycles. The summed E-state index contributed by atoms with van der Waals surface area (Å²) in [4.78, 5) is 27.5. The zero-order chi connectivity index (χ0) is 27.8. The van der Waals surface area contributed by atoms with Gasteiger partial charge in [-0.1, -0.05) is 24.3 Å². The van der Waals surface area contributed by atoms with Gasteiger partial charge in [-0.25, -0.2) is 13.2 Å². The molecule has 206 valence electrons. The molecule has 2 aliphatic rings. The van der Waals surface area contributed by atoms with Gasteiger partial charge in [0.1, 0.15) is 11.4 Å². The Morgan fingerprint density at radius 3 is 1.89 bits per heavy atom. The number of carbonyl (C=O) groups is 2. The molecular weight excluding hydrogens is 506 g/mol. The fourth-order valence-electron chi connectivity index (χ4n) is 5.70. The van der Waals surface area contributed by atoms with Crippen LogP contribution in [-0.2, 0) is 24.1 Å². The molecule has 2 aromatic carbocycles. The van der Waals surface area contributed by atoms with Gasteiger partial charge in [0.25, 0.3) is 0 Å². The first-order chi connectivity index (χ1) is 17.8. The molecule has 0 radical (unpaired) electrons. The van der Waals surface area contributed by atoms with Crippen molar-refractivity contribution in [1.29, 1.82) is 0 Å². The second-order valence-electron chi connectivity index (χ2n) is 11.4. The number of sulfone groups is 1. The quantitative estimate of drug-likeness (QED) is 0.475. The van der Waals surface area contributed by atoms with E-state index in [2.05, 4.69) is 0 Å². The summed E-state index contributed by atoms with van der Waals surface area (Å²) >= 11 is 0. The molecular formula is C29H37NO7S. The van der Waals surface area contributed by atoms with Gasteiger partial charge in [-0.3, -0.25) is 4.79 Å². The third-order valence-corrected chi connectivity index (χ3v) is 10.3. The number of hydrogen-bond acceptors (Lipinski definition) is 7. The van der Waals surface area contributed by atoms with Crippen molar-refractivity contribution >= 4 is 21.9 Å². The molecule has 1 heterocycles. The Kier molecular flexibility index (Phi) is 7.54. The fraction of sp³-hybridized carbons (Fsp3) is 0.517. The predicted molar refractivity (Wildman–Crippen MR) is 144 cm³/mol. The third kappa shape index (κ3) is 5.25. The van der Waals surface area contributed by atoms with Crippen LogP contribution in [0.1, 0.15) is 52.9 Å². The zero-order valence-corrected chi connectivity index (χ0v) is 23.6. The molecule has 1 amide bonds. The third-order valence-electron chi connectivity index (χ3n) is 7.86. The summed E-state index contributed by atoms with van der Waals surface area (Å²) in [7, 11) is -1.21. The standard InChI is InChI=1S/C29H37NO7S/c1-27(2,3)37-26(32)30-18-16-28(17-19-30)14-15-29(20-28,25(31)36-5)38(33,34)24-12-8-22(9-13-24)21-6-10-23(35-4)11-7-21/h6-13H,14-20H2,1-5H3. The average molecular weight is 544 g/mol. The van der Waals surface area contributed by atoms with Gasteiger partial charge in [0.2, 0.25) is 0 Å². The van der Waals surface area contributed by atoms with Crippen molar-refractivity contribution in [3.05, 3.63) is 48.5 Å². The molecule has 1 saturated heterocycles. The van der Waals surface area contributed by atoms with Crippen molar-refractivity contribution in [2.24, 2.45) is 5.41 Å². The fourth-order valence-corrected chi connectivity index (χ4v) is 7.82. The van der Waals surface area contributed by atoms with E-state index < -0.39 is 26.2 Å². The minimum Gasteiger partial charge on any atom is -0.497 e. The maximum absolute atomic E-state index is 14.0. The number of carbonyl (C=O) groups excluding carboxylic acids is 2. The second kappa shape index (κ2) is 10.2. The number of likely N-dealkylation sites (tertiary alicyclic amines) is 1. The summed E-state index contributed by atoms with van der Waals surface area (Å²) in [6, 6.07) is 14.1. The highest BCUT2D eigenvalue weighted by molar-refractivity contribution is 7.93. The van der Waals surface area contributed by atoms with Crippen LogP contribution in [0, 0.1) is 5.41 Å². The van der Waals surface area contributed by atoms with Crippen LogP contribution in [-0.4, -0.2) is 63.0 Å². The van der Waals surface area contributed by atoms with Gasteiger partial charge in [-0.15, -0.1) is 0 Å². The summed E-state index contributed by atoms with van der Waals surface area (Å²) in [6.45, 7) is 6.40. The lowest BCUT2D eigenvalue weighted by Gasteiger charge is -2.40. The minimum atomic E-state index is -4.05. The molecule has 38 heavy (non-hydrogen) atoms. The molecule has 1 atom stereocenters. The van der Waals surface area contributed by atoms with Crippen molar-refractivity contribution in [3.63, 3.8) is 0 Å². The van der Waals surface area contributed by atoms with Gasteiger partial charge in [-0.05, 0) is 93.7 Å². The molecule has 9 heteroatoms. The second-order valence-corrected chi connectivity index (χ2v) is 13.6. The number of rotatable bonds is 5. The number of ether oxygens (including phenoxy) is 3. The van der Waals surface area contributed by atoms with Crippen LogP contribution >= 0.6 is 0 Å². The van der Waals surface area contributed by atoms with Gasteiger partial charge in [-0.2, -0.15) is 0 Å². The number of nitrogens with zero attached hydrogens (tertiary/aromatic N) is 1. The molecule has 1 spiro atoms. The molecule has 1 saturated carbocycles. The van der Waals surface area contributed by atoms with Gasteiger partial charge in [0.05, 0.1) is 19.1 Å². The van der Waals surface area contributed by atoms with E-state index in [1.54, 1.807) is 36.3 Å². The molecule has 1 aliphatic heterocycles. The van der Waals surface area contributed by atoms with Crippen LogP contribution in [0.25, 0.3) is 11.1 Å². The Bertz CT molecular complexity index is 1270. The van der Waals surface area contributed by atoms with E-state index in [1.807, 2.05) is 45.0 Å². The number of hydrogen-bond donors (Lipinski definition) is 0. The monoisotopic (exact) mass is 543 g/mol. The zero-order valence-electron chi connectivity index (χ0n) is 22.8. The van der Waals surface area contributed by atoms with Gasteiger partial charge >= 0.3 is 12.1 Å². The molecule has 0 aromatic heterocycles. The summed E-state index contributed by atoms with van der Waals surface area (Å²) in [5.74, 6) is 0.0169. The number of methoxy groups -OCH3 is 2. The van der Waals surface area contributed by atoms with E-state index in [0.29, 0.717) is 32.4 Å². The van der Waals surface area contributed by atoms with E-state index in [0.717, 1.165) is 16.9 Å². The minimum absolute atomic E-state index is 0.100. The number of amides is 1. The Labute approximate surface area is 225 Å². The summed E-state index contributed by atoms with van der Waals surface area (Å²) in [5, 5.41) is 0. The SMILES string of the molecule is COC(=O)C1(S(=O)(=O)c2ccc(-c3ccc(OC)cc3)cc2)CCC2(CCN(C(=O)OC(C)(C)C)CC2)C1. The Morgan fingerprint density at radius 2 is 1.39 bits per heavy atom. The Balaban J connectivity index is 1.56. The van der Waals surface area contributed by atoms with E-state index in [1.165, 1.54) is 7.11 Å². The van der Waals surface area contributed by atoms with E-state index in [4.69, 9.17) is 14.2 Å². The molecule has 0 bridgehead atoms. The van der Waals surface area contributed by atoms with Crippen LogP contribution in [0.3, 0.4) is 0 Å². The smallest absolute Gasteiger partial charge is 0.410 e. The van der Waals surface area contributed by atoms with E-state index >= 15 is 0 Å². The summed E-state index contributed by atoms with van der Waals surface area (Å²) in [6.07, 6.45) is 1.79. The normalized spacial score (nSPS) is 21.2. The topological polar surface area (TPSA) is 99.2 Å². The molecule has 2 aromatic rings. The van der Waals surface area contributed by atoms with Crippen LogP contribution in [0.4, 0.5) is 4.79 Å².